The van der Waals surface area contributed by atoms with Crippen molar-refractivity contribution in [2.75, 3.05) is 19.6 Å². The molecular weight excluding hydrogens is 372 g/mol. The highest BCUT2D eigenvalue weighted by Gasteiger charge is 2.29. The first-order valence-electron chi connectivity index (χ1n) is 9.70. The van der Waals surface area contributed by atoms with Crippen LogP contribution in [-0.4, -0.2) is 61.6 Å². The molecule has 0 N–H and O–H groups in total. The first kappa shape index (κ1) is 17.5. The van der Waals surface area contributed by atoms with Crippen molar-refractivity contribution in [1.82, 2.24) is 30.0 Å². The molecule has 4 heterocycles. The van der Waals surface area contributed by atoms with Gasteiger partial charge in [0.25, 0.3) is 5.91 Å². The zero-order chi connectivity index (χ0) is 18.9. The summed E-state index contributed by atoms with van der Waals surface area (Å²) >= 11 is 1.88. The average molecular weight is 395 g/mol. The van der Waals surface area contributed by atoms with Crippen LogP contribution in [0.1, 0.15) is 33.6 Å². The summed E-state index contributed by atoms with van der Waals surface area (Å²) in [6.07, 6.45) is 4.78. The van der Waals surface area contributed by atoms with E-state index in [4.69, 9.17) is 0 Å². The third-order valence-electron chi connectivity index (χ3n) is 5.81. The molecule has 0 aliphatic carbocycles. The third kappa shape index (κ3) is 3.33. The van der Waals surface area contributed by atoms with E-state index < -0.39 is 0 Å². The van der Waals surface area contributed by atoms with Crippen molar-refractivity contribution in [3.8, 4) is 5.69 Å². The molecule has 2 aliphatic rings. The molecule has 0 spiro atoms. The van der Waals surface area contributed by atoms with Crippen LogP contribution in [0.25, 0.3) is 5.69 Å². The second-order valence-electron chi connectivity index (χ2n) is 7.42. The van der Waals surface area contributed by atoms with Crippen LogP contribution in [0.4, 0.5) is 0 Å². The van der Waals surface area contributed by atoms with Crippen LogP contribution < -0.4 is 0 Å². The maximum Gasteiger partial charge on any atom is 0.253 e. The van der Waals surface area contributed by atoms with E-state index in [1.807, 2.05) is 40.5 Å². The van der Waals surface area contributed by atoms with Gasteiger partial charge in [-0.1, -0.05) is 6.07 Å². The number of fused-ring (bicyclic) bond motifs is 1. The largest absolute Gasteiger partial charge is 0.339 e. The number of hydrogen-bond acceptors (Lipinski definition) is 6. The number of thiophene rings is 1. The number of amides is 1. The van der Waals surface area contributed by atoms with Gasteiger partial charge in [-0.25, -0.2) is 4.68 Å². The number of aromatic nitrogens is 4. The molecule has 0 radical (unpaired) electrons. The lowest BCUT2D eigenvalue weighted by Gasteiger charge is -2.40. The summed E-state index contributed by atoms with van der Waals surface area (Å²) in [5.74, 6) is 0.0899. The Morgan fingerprint density at radius 3 is 2.86 bits per heavy atom. The van der Waals surface area contributed by atoms with Crippen molar-refractivity contribution in [2.45, 2.75) is 31.8 Å². The monoisotopic (exact) mass is 394 g/mol. The first-order chi connectivity index (χ1) is 13.8. The molecule has 1 amide bonds. The molecule has 0 atom stereocenters. The second-order valence-corrected chi connectivity index (χ2v) is 8.42. The highest BCUT2D eigenvalue weighted by atomic mass is 32.1. The minimum Gasteiger partial charge on any atom is -0.339 e. The van der Waals surface area contributed by atoms with E-state index in [-0.39, 0.29) is 5.91 Å². The van der Waals surface area contributed by atoms with Gasteiger partial charge in [-0.05, 0) is 64.9 Å². The summed E-state index contributed by atoms with van der Waals surface area (Å²) in [5.41, 5.74) is 2.98. The van der Waals surface area contributed by atoms with E-state index in [2.05, 4.69) is 31.9 Å². The zero-order valence-corrected chi connectivity index (χ0v) is 16.4. The standard InChI is InChI=1S/C20H22N6OS/c27-20(15-2-1-3-18(12-15)26-14-21-22-23-26)24-8-4-17(5-9-24)25-10-6-19-16(13-25)7-11-28-19/h1-3,7,11-12,14,17H,4-6,8-10,13H2. The summed E-state index contributed by atoms with van der Waals surface area (Å²) < 4.78 is 1.57. The van der Waals surface area contributed by atoms with E-state index in [9.17, 15) is 4.79 Å². The van der Waals surface area contributed by atoms with Crippen LogP contribution in [0.2, 0.25) is 0 Å². The first-order valence-corrected chi connectivity index (χ1v) is 10.6. The summed E-state index contributed by atoms with van der Waals surface area (Å²) in [6.45, 7) is 3.82. The number of benzene rings is 1. The number of carbonyl (C=O) groups excluding carboxylic acids is 1. The molecule has 8 heteroatoms. The molecule has 2 aliphatic heterocycles. The van der Waals surface area contributed by atoms with E-state index in [0.29, 0.717) is 11.6 Å². The molecule has 144 valence electrons. The van der Waals surface area contributed by atoms with Crippen molar-refractivity contribution in [3.05, 3.63) is 58.0 Å². The summed E-state index contributed by atoms with van der Waals surface area (Å²) in [7, 11) is 0. The van der Waals surface area contributed by atoms with Crippen molar-refractivity contribution >= 4 is 17.2 Å². The summed E-state index contributed by atoms with van der Waals surface area (Å²) in [4.78, 5) is 19.1. The van der Waals surface area contributed by atoms with E-state index >= 15 is 0 Å². The Morgan fingerprint density at radius 2 is 2.04 bits per heavy atom. The summed E-state index contributed by atoms with van der Waals surface area (Å²) in [6, 6.07) is 10.3. The lowest BCUT2D eigenvalue weighted by molar-refractivity contribution is 0.0600. The molecule has 1 saturated heterocycles. The van der Waals surface area contributed by atoms with Crippen molar-refractivity contribution < 1.29 is 4.79 Å². The molecule has 28 heavy (non-hydrogen) atoms. The Kier molecular flexibility index (Phi) is 4.66. The topological polar surface area (TPSA) is 67.2 Å². The maximum absolute atomic E-state index is 13.0. The number of nitrogens with zero attached hydrogens (tertiary/aromatic N) is 6. The molecule has 3 aromatic rings. The molecule has 0 saturated carbocycles. The number of rotatable bonds is 3. The van der Waals surface area contributed by atoms with E-state index in [1.54, 1.807) is 9.56 Å². The quantitative estimate of drug-likeness (QED) is 0.682. The van der Waals surface area contributed by atoms with Gasteiger partial charge in [0.2, 0.25) is 0 Å². The highest BCUT2D eigenvalue weighted by molar-refractivity contribution is 7.10. The van der Waals surface area contributed by atoms with Gasteiger partial charge < -0.3 is 4.90 Å². The van der Waals surface area contributed by atoms with Gasteiger partial charge in [0.15, 0.2) is 0 Å². The number of tetrazole rings is 1. The van der Waals surface area contributed by atoms with Crippen LogP contribution in [0, 0.1) is 0 Å². The van der Waals surface area contributed by atoms with Gasteiger partial charge in [-0.2, -0.15) is 0 Å². The van der Waals surface area contributed by atoms with Crippen LogP contribution in [0.15, 0.2) is 42.0 Å². The van der Waals surface area contributed by atoms with Gasteiger partial charge in [-0.3, -0.25) is 9.69 Å². The minimum atomic E-state index is 0.0899. The zero-order valence-electron chi connectivity index (χ0n) is 15.6. The minimum absolute atomic E-state index is 0.0899. The van der Waals surface area contributed by atoms with E-state index in [0.717, 1.165) is 51.1 Å². The third-order valence-corrected chi connectivity index (χ3v) is 6.83. The fraction of sp³-hybridized carbons (Fsp3) is 0.400. The molecule has 5 rings (SSSR count). The second kappa shape index (κ2) is 7.44. The lowest BCUT2D eigenvalue weighted by atomic mass is 9.99. The molecule has 1 fully saturated rings. The number of piperidine rings is 1. The molecule has 2 aromatic heterocycles. The fourth-order valence-corrected chi connectivity index (χ4v) is 5.15. The Bertz CT molecular complexity index is 961. The van der Waals surface area contributed by atoms with Crippen molar-refractivity contribution in [3.63, 3.8) is 0 Å². The normalized spacial score (nSPS) is 18.2. The van der Waals surface area contributed by atoms with Crippen molar-refractivity contribution in [2.24, 2.45) is 0 Å². The summed E-state index contributed by atoms with van der Waals surface area (Å²) in [5, 5.41) is 13.4. The van der Waals surface area contributed by atoms with Crippen molar-refractivity contribution in [1.29, 1.82) is 0 Å². The Labute approximate surface area is 167 Å². The van der Waals surface area contributed by atoms with Gasteiger partial charge in [0.1, 0.15) is 6.33 Å². The smallest absolute Gasteiger partial charge is 0.253 e. The lowest BCUT2D eigenvalue weighted by Crippen LogP contribution is -2.47. The SMILES string of the molecule is O=C(c1cccc(-n2cnnn2)c1)N1CCC(N2CCc3sccc3C2)CC1. The number of carbonyl (C=O) groups is 1. The number of hydrogen-bond donors (Lipinski definition) is 0. The molecule has 1 aromatic carbocycles. The molecule has 0 bridgehead atoms. The predicted octanol–water partition coefficient (Wildman–Crippen LogP) is 2.39. The van der Waals surface area contributed by atoms with Gasteiger partial charge in [0.05, 0.1) is 5.69 Å². The number of likely N-dealkylation sites (tertiary alicyclic amines) is 1. The average Bonchev–Trinajstić information content (AvgIpc) is 3.45. The van der Waals surface area contributed by atoms with Gasteiger partial charge in [0, 0.05) is 42.7 Å². The molecule has 7 nitrogen and oxygen atoms in total. The predicted molar refractivity (Wildman–Crippen MR) is 107 cm³/mol. The van der Waals surface area contributed by atoms with Gasteiger partial charge in [-0.15, -0.1) is 16.4 Å². The van der Waals surface area contributed by atoms with Crippen LogP contribution in [-0.2, 0) is 13.0 Å². The molecule has 0 unspecified atom stereocenters. The Morgan fingerprint density at radius 1 is 1.14 bits per heavy atom. The van der Waals surface area contributed by atoms with Crippen LogP contribution in [0.5, 0.6) is 0 Å². The Hall–Kier alpha value is -2.58. The van der Waals surface area contributed by atoms with Crippen LogP contribution in [0.3, 0.4) is 0 Å². The highest BCUT2D eigenvalue weighted by Crippen LogP contribution is 2.28. The molecular formula is C20H22N6OS. The van der Waals surface area contributed by atoms with E-state index in [1.165, 1.54) is 11.9 Å². The van der Waals surface area contributed by atoms with Crippen LogP contribution >= 0.6 is 11.3 Å². The fourth-order valence-electron chi connectivity index (χ4n) is 4.26. The Balaban J connectivity index is 1.22. The maximum atomic E-state index is 13.0. The van der Waals surface area contributed by atoms with Gasteiger partial charge >= 0.3 is 0 Å².